The van der Waals surface area contributed by atoms with Gasteiger partial charge in [-0.05, 0) is 19.1 Å². The van der Waals surface area contributed by atoms with Gasteiger partial charge in [0.15, 0.2) is 0 Å². The molecule has 0 aliphatic carbocycles. The number of benzene rings is 1. The number of aryl methyl sites for hydroxylation is 2. The molecule has 0 atom stereocenters. The number of nitrogens with zero attached hydrogens (tertiary/aromatic N) is 2. The first kappa shape index (κ1) is 9.86. The minimum absolute atomic E-state index is 0. The molecule has 1 aromatic carbocycles. The van der Waals surface area contributed by atoms with E-state index in [-0.39, 0.29) is 12.4 Å². The number of halogens is 1. The van der Waals surface area contributed by atoms with E-state index in [2.05, 4.69) is 5.10 Å². The number of aromatic nitrogens is 2. The van der Waals surface area contributed by atoms with E-state index in [1.807, 2.05) is 26.2 Å². The molecule has 13 heavy (non-hydrogen) atoms. The summed E-state index contributed by atoms with van der Waals surface area (Å²) in [4.78, 5) is 0. The first-order valence-electron chi connectivity index (χ1n) is 3.80. The maximum absolute atomic E-state index is 9.38. The summed E-state index contributed by atoms with van der Waals surface area (Å²) in [5, 5.41) is 14.7. The second-order valence-corrected chi connectivity index (χ2v) is 2.95. The summed E-state index contributed by atoms with van der Waals surface area (Å²) in [6, 6.07) is 3.56. The van der Waals surface area contributed by atoms with Crippen molar-refractivity contribution in [3.8, 4) is 5.75 Å². The zero-order chi connectivity index (χ0) is 8.72. The standard InChI is InChI=1S/C9H10N2O.ClH/c1-6-8(12)4-3-7-5-11(2)10-9(6)7;/h3-5,12H,1-2H3;1H. The highest BCUT2D eigenvalue weighted by Crippen LogP contribution is 2.24. The minimum Gasteiger partial charge on any atom is -0.508 e. The quantitative estimate of drug-likeness (QED) is 0.703. The van der Waals surface area contributed by atoms with Crippen molar-refractivity contribution < 1.29 is 5.11 Å². The van der Waals surface area contributed by atoms with Crippen LogP contribution in [0.1, 0.15) is 5.56 Å². The van der Waals surface area contributed by atoms with Gasteiger partial charge in [0.05, 0.1) is 5.52 Å². The maximum atomic E-state index is 9.38. The van der Waals surface area contributed by atoms with Crippen LogP contribution in [-0.2, 0) is 7.05 Å². The number of phenolic OH excluding ortho intramolecular Hbond substituents is 1. The third kappa shape index (κ3) is 1.47. The normalized spacial score (nSPS) is 10.0. The Hall–Kier alpha value is -1.22. The molecule has 0 saturated heterocycles. The van der Waals surface area contributed by atoms with Gasteiger partial charge in [0.1, 0.15) is 5.75 Å². The van der Waals surface area contributed by atoms with Crippen LogP contribution >= 0.6 is 12.4 Å². The molecule has 0 aliphatic heterocycles. The average Bonchev–Trinajstić information content (AvgIpc) is 2.39. The van der Waals surface area contributed by atoms with E-state index in [4.69, 9.17) is 0 Å². The van der Waals surface area contributed by atoms with Crippen molar-refractivity contribution in [1.82, 2.24) is 9.78 Å². The van der Waals surface area contributed by atoms with Gasteiger partial charge in [-0.3, -0.25) is 4.68 Å². The third-order valence-corrected chi connectivity index (χ3v) is 2.02. The highest BCUT2D eigenvalue weighted by molar-refractivity contribution is 5.85. The van der Waals surface area contributed by atoms with E-state index < -0.39 is 0 Å². The van der Waals surface area contributed by atoms with Crippen LogP contribution in [-0.4, -0.2) is 14.9 Å². The molecule has 1 heterocycles. The van der Waals surface area contributed by atoms with Crippen LogP contribution < -0.4 is 0 Å². The topological polar surface area (TPSA) is 38.0 Å². The number of aromatic hydroxyl groups is 1. The van der Waals surface area contributed by atoms with E-state index in [9.17, 15) is 5.11 Å². The van der Waals surface area contributed by atoms with Crippen LogP contribution in [0.2, 0.25) is 0 Å². The molecule has 2 rings (SSSR count). The van der Waals surface area contributed by atoms with E-state index in [1.54, 1.807) is 10.7 Å². The second kappa shape index (κ2) is 3.26. The van der Waals surface area contributed by atoms with Gasteiger partial charge in [-0.15, -0.1) is 12.4 Å². The van der Waals surface area contributed by atoms with Crippen molar-refractivity contribution in [2.24, 2.45) is 7.05 Å². The molecule has 2 aromatic rings. The molecule has 0 unspecified atom stereocenters. The molecule has 0 spiro atoms. The van der Waals surface area contributed by atoms with Crippen LogP contribution in [0.25, 0.3) is 10.9 Å². The maximum Gasteiger partial charge on any atom is 0.120 e. The van der Waals surface area contributed by atoms with Gasteiger partial charge in [-0.2, -0.15) is 5.10 Å². The largest absolute Gasteiger partial charge is 0.508 e. The van der Waals surface area contributed by atoms with Crippen molar-refractivity contribution >= 4 is 23.3 Å². The van der Waals surface area contributed by atoms with E-state index >= 15 is 0 Å². The van der Waals surface area contributed by atoms with Crippen molar-refractivity contribution in [3.63, 3.8) is 0 Å². The average molecular weight is 199 g/mol. The van der Waals surface area contributed by atoms with Crippen LogP contribution in [0, 0.1) is 6.92 Å². The number of hydrogen-bond acceptors (Lipinski definition) is 2. The first-order chi connectivity index (χ1) is 5.68. The number of fused-ring (bicyclic) bond motifs is 1. The Morgan fingerprint density at radius 2 is 2.08 bits per heavy atom. The molecule has 0 aliphatic rings. The highest BCUT2D eigenvalue weighted by atomic mass is 35.5. The van der Waals surface area contributed by atoms with Gasteiger partial charge >= 0.3 is 0 Å². The fourth-order valence-corrected chi connectivity index (χ4v) is 1.34. The smallest absolute Gasteiger partial charge is 0.120 e. The predicted octanol–water partition coefficient (Wildman–Crippen LogP) is 2.01. The molecule has 70 valence electrons. The summed E-state index contributed by atoms with van der Waals surface area (Å²) in [6.07, 6.45) is 1.93. The van der Waals surface area contributed by atoms with Crippen molar-refractivity contribution in [2.45, 2.75) is 6.92 Å². The van der Waals surface area contributed by atoms with Crippen LogP contribution in [0.15, 0.2) is 18.3 Å². The number of hydrogen-bond donors (Lipinski definition) is 1. The van der Waals surface area contributed by atoms with Crippen LogP contribution in [0.3, 0.4) is 0 Å². The molecule has 0 bridgehead atoms. The Kier molecular flexibility index (Phi) is 2.48. The first-order valence-corrected chi connectivity index (χ1v) is 3.80. The molecule has 0 amide bonds. The summed E-state index contributed by atoms with van der Waals surface area (Å²) < 4.78 is 1.75. The van der Waals surface area contributed by atoms with Gasteiger partial charge in [-0.1, -0.05) is 0 Å². The van der Waals surface area contributed by atoms with Gasteiger partial charge in [0.2, 0.25) is 0 Å². The molecular formula is C9H11ClN2O. The summed E-state index contributed by atoms with van der Waals surface area (Å²) in [5.74, 6) is 0.307. The van der Waals surface area contributed by atoms with Crippen molar-refractivity contribution in [3.05, 3.63) is 23.9 Å². The Bertz CT molecular complexity index is 436. The fraction of sp³-hybridized carbons (Fsp3) is 0.222. The molecule has 1 aromatic heterocycles. The molecule has 1 N–H and O–H groups in total. The summed E-state index contributed by atoms with van der Waals surface area (Å²) in [5.41, 5.74) is 1.71. The molecular weight excluding hydrogens is 188 g/mol. The Labute approximate surface area is 82.4 Å². The SMILES string of the molecule is Cc1c(O)ccc2cn(C)nc12.Cl. The predicted molar refractivity (Wildman–Crippen MR) is 54.4 cm³/mol. The monoisotopic (exact) mass is 198 g/mol. The molecule has 0 fully saturated rings. The Morgan fingerprint density at radius 1 is 1.38 bits per heavy atom. The minimum atomic E-state index is 0. The van der Waals surface area contributed by atoms with E-state index in [0.717, 1.165) is 16.5 Å². The summed E-state index contributed by atoms with van der Waals surface area (Å²) >= 11 is 0. The summed E-state index contributed by atoms with van der Waals surface area (Å²) in [7, 11) is 1.87. The van der Waals surface area contributed by atoms with Gasteiger partial charge in [-0.25, -0.2) is 0 Å². The second-order valence-electron chi connectivity index (χ2n) is 2.95. The van der Waals surface area contributed by atoms with Gasteiger partial charge in [0.25, 0.3) is 0 Å². The zero-order valence-corrected chi connectivity index (χ0v) is 8.30. The van der Waals surface area contributed by atoms with Crippen LogP contribution in [0.5, 0.6) is 5.75 Å². The van der Waals surface area contributed by atoms with Gasteiger partial charge < -0.3 is 5.11 Å². The summed E-state index contributed by atoms with van der Waals surface area (Å²) in [6.45, 7) is 1.87. The van der Waals surface area contributed by atoms with Crippen LogP contribution in [0.4, 0.5) is 0 Å². The van der Waals surface area contributed by atoms with E-state index in [0.29, 0.717) is 5.75 Å². The van der Waals surface area contributed by atoms with Crippen molar-refractivity contribution in [1.29, 1.82) is 0 Å². The molecule has 0 saturated carbocycles. The van der Waals surface area contributed by atoms with E-state index in [1.165, 1.54) is 0 Å². The lowest BCUT2D eigenvalue weighted by Crippen LogP contribution is -1.86. The molecule has 0 radical (unpaired) electrons. The Balaban J connectivity index is 0.000000845. The number of phenols is 1. The Morgan fingerprint density at radius 3 is 2.77 bits per heavy atom. The lowest BCUT2D eigenvalue weighted by molar-refractivity contribution is 0.472. The highest BCUT2D eigenvalue weighted by Gasteiger charge is 2.04. The van der Waals surface area contributed by atoms with Crippen molar-refractivity contribution in [2.75, 3.05) is 0 Å². The van der Waals surface area contributed by atoms with Gasteiger partial charge in [0, 0.05) is 24.2 Å². The zero-order valence-electron chi connectivity index (χ0n) is 7.48. The molecule has 4 heteroatoms. The molecule has 3 nitrogen and oxygen atoms in total. The lowest BCUT2D eigenvalue weighted by Gasteiger charge is -1.96. The number of rotatable bonds is 0. The third-order valence-electron chi connectivity index (χ3n) is 2.02. The lowest BCUT2D eigenvalue weighted by atomic mass is 10.1. The fourth-order valence-electron chi connectivity index (χ4n) is 1.34.